The predicted octanol–water partition coefficient (Wildman–Crippen LogP) is 7.10. The zero-order valence-corrected chi connectivity index (χ0v) is 20.5. The summed E-state index contributed by atoms with van der Waals surface area (Å²) in [5.74, 6) is 1.04. The molecule has 0 radical (unpaired) electrons. The minimum Gasteiger partial charge on any atom is -0.325 e. The summed E-state index contributed by atoms with van der Waals surface area (Å²) in [4.78, 5) is 12.6. The Morgan fingerprint density at radius 2 is 1.58 bits per heavy atom. The van der Waals surface area contributed by atoms with Gasteiger partial charge in [-0.15, -0.1) is 10.2 Å². The lowest BCUT2D eigenvalue weighted by atomic mass is 10.0. The number of carbonyl (C=O) groups is 1. The fourth-order valence-corrected chi connectivity index (χ4v) is 4.40. The SMILES string of the molecule is CC(C)c1ccccc1-n1c(SCC(=O)Nc2ccc(Cl)cc2)nnc1-c1ccc(Cl)cc1. The molecule has 8 heteroatoms. The molecule has 0 aliphatic carbocycles. The maximum atomic E-state index is 12.6. The van der Waals surface area contributed by atoms with Crippen LogP contribution >= 0.6 is 35.0 Å². The molecule has 0 atom stereocenters. The summed E-state index contributed by atoms with van der Waals surface area (Å²) in [7, 11) is 0. The second-order valence-corrected chi connectivity index (χ2v) is 9.52. The number of thioether (sulfide) groups is 1. The molecule has 0 saturated carbocycles. The predicted molar refractivity (Wildman–Crippen MR) is 137 cm³/mol. The van der Waals surface area contributed by atoms with Gasteiger partial charge in [-0.05, 0) is 66.1 Å². The Kier molecular flexibility index (Phi) is 7.38. The molecular weight excluding hydrogens is 475 g/mol. The van der Waals surface area contributed by atoms with Crippen LogP contribution < -0.4 is 5.32 Å². The first kappa shape index (κ1) is 23.4. The minimum absolute atomic E-state index is 0.137. The van der Waals surface area contributed by atoms with Gasteiger partial charge in [0.05, 0.1) is 11.4 Å². The van der Waals surface area contributed by atoms with Crippen molar-refractivity contribution in [2.75, 3.05) is 11.1 Å². The number of amides is 1. The van der Waals surface area contributed by atoms with E-state index < -0.39 is 0 Å². The molecular formula is C25H22Cl2N4OS. The third-order valence-electron chi connectivity index (χ3n) is 5.00. The van der Waals surface area contributed by atoms with Crippen molar-refractivity contribution in [1.29, 1.82) is 0 Å². The summed E-state index contributed by atoms with van der Waals surface area (Å²) < 4.78 is 2.01. The van der Waals surface area contributed by atoms with Gasteiger partial charge in [-0.3, -0.25) is 9.36 Å². The molecule has 1 N–H and O–H groups in total. The van der Waals surface area contributed by atoms with Crippen molar-refractivity contribution in [3.63, 3.8) is 0 Å². The first-order valence-electron chi connectivity index (χ1n) is 10.4. The third-order valence-corrected chi connectivity index (χ3v) is 6.43. The largest absolute Gasteiger partial charge is 0.325 e. The zero-order valence-electron chi connectivity index (χ0n) is 18.1. The summed E-state index contributed by atoms with van der Waals surface area (Å²) in [6.07, 6.45) is 0. The van der Waals surface area contributed by atoms with Crippen LogP contribution in [0.1, 0.15) is 25.3 Å². The molecule has 0 fully saturated rings. The van der Waals surface area contributed by atoms with Crippen molar-refractivity contribution in [1.82, 2.24) is 14.8 Å². The molecule has 1 amide bonds. The highest BCUT2D eigenvalue weighted by atomic mass is 35.5. The number of anilines is 1. The van der Waals surface area contributed by atoms with E-state index in [1.54, 1.807) is 24.3 Å². The number of hydrogen-bond donors (Lipinski definition) is 1. The van der Waals surface area contributed by atoms with E-state index in [0.717, 1.165) is 11.3 Å². The Balaban J connectivity index is 1.66. The van der Waals surface area contributed by atoms with Gasteiger partial charge in [0.15, 0.2) is 11.0 Å². The monoisotopic (exact) mass is 496 g/mol. The third kappa shape index (κ3) is 5.58. The lowest BCUT2D eigenvalue weighted by molar-refractivity contribution is -0.113. The molecule has 0 aliphatic heterocycles. The lowest BCUT2D eigenvalue weighted by Gasteiger charge is -2.17. The van der Waals surface area contributed by atoms with Gasteiger partial charge in [0.2, 0.25) is 5.91 Å². The van der Waals surface area contributed by atoms with Crippen molar-refractivity contribution >= 4 is 46.6 Å². The molecule has 0 unspecified atom stereocenters. The summed E-state index contributed by atoms with van der Waals surface area (Å²) >= 11 is 13.3. The van der Waals surface area contributed by atoms with Gasteiger partial charge < -0.3 is 5.32 Å². The standard InChI is InChI=1S/C25H22Cl2N4OS/c1-16(2)21-5-3-4-6-22(21)31-24(17-7-9-18(26)10-8-17)29-30-25(31)33-15-23(32)28-20-13-11-19(27)12-14-20/h3-14,16H,15H2,1-2H3,(H,28,32). The summed E-state index contributed by atoms with van der Waals surface area (Å²) in [6, 6.07) is 22.7. The van der Waals surface area contributed by atoms with E-state index in [9.17, 15) is 4.79 Å². The number of rotatable bonds is 7. The van der Waals surface area contributed by atoms with Crippen LogP contribution in [-0.2, 0) is 4.79 Å². The number of benzene rings is 3. The van der Waals surface area contributed by atoms with Crippen molar-refractivity contribution < 1.29 is 4.79 Å². The van der Waals surface area contributed by atoms with Crippen LogP contribution in [0.4, 0.5) is 5.69 Å². The van der Waals surface area contributed by atoms with Crippen LogP contribution in [0.15, 0.2) is 78.0 Å². The van der Waals surface area contributed by atoms with E-state index in [0.29, 0.717) is 32.6 Å². The Morgan fingerprint density at radius 3 is 2.24 bits per heavy atom. The topological polar surface area (TPSA) is 59.8 Å². The highest BCUT2D eigenvalue weighted by Crippen LogP contribution is 2.32. The quantitative estimate of drug-likeness (QED) is 0.277. The Hall–Kier alpha value is -2.80. The number of halogens is 2. The van der Waals surface area contributed by atoms with Crippen LogP contribution in [-0.4, -0.2) is 26.4 Å². The summed E-state index contributed by atoms with van der Waals surface area (Å²) in [6.45, 7) is 4.30. The van der Waals surface area contributed by atoms with Gasteiger partial charge in [-0.25, -0.2) is 0 Å². The molecule has 4 rings (SSSR count). The second kappa shape index (κ2) is 10.4. The van der Waals surface area contributed by atoms with E-state index in [-0.39, 0.29) is 11.7 Å². The molecule has 5 nitrogen and oxygen atoms in total. The summed E-state index contributed by atoms with van der Waals surface area (Å²) in [5, 5.41) is 13.7. The van der Waals surface area contributed by atoms with E-state index >= 15 is 0 Å². The lowest BCUT2D eigenvalue weighted by Crippen LogP contribution is -2.14. The number of nitrogens with zero attached hydrogens (tertiary/aromatic N) is 3. The Labute approximate surface area is 207 Å². The van der Waals surface area contributed by atoms with Crippen LogP contribution in [0.3, 0.4) is 0 Å². The smallest absolute Gasteiger partial charge is 0.234 e. The van der Waals surface area contributed by atoms with E-state index in [4.69, 9.17) is 23.2 Å². The highest BCUT2D eigenvalue weighted by molar-refractivity contribution is 7.99. The first-order chi connectivity index (χ1) is 15.9. The zero-order chi connectivity index (χ0) is 23.4. The van der Waals surface area contributed by atoms with Crippen LogP contribution in [0.25, 0.3) is 17.1 Å². The van der Waals surface area contributed by atoms with Crippen molar-refractivity contribution in [2.45, 2.75) is 24.9 Å². The number of carbonyl (C=O) groups excluding carboxylic acids is 1. The number of hydrogen-bond acceptors (Lipinski definition) is 4. The maximum absolute atomic E-state index is 12.6. The van der Waals surface area contributed by atoms with Gasteiger partial charge in [-0.2, -0.15) is 0 Å². The van der Waals surface area contributed by atoms with Crippen LogP contribution in [0.5, 0.6) is 0 Å². The fraction of sp³-hybridized carbons (Fsp3) is 0.160. The molecule has 1 aromatic heterocycles. The van der Waals surface area contributed by atoms with Gasteiger partial charge in [0.1, 0.15) is 0 Å². The number of nitrogens with one attached hydrogen (secondary N) is 1. The molecule has 33 heavy (non-hydrogen) atoms. The molecule has 1 heterocycles. The number of para-hydroxylation sites is 1. The average Bonchev–Trinajstić information content (AvgIpc) is 3.23. The normalized spacial score (nSPS) is 11.1. The van der Waals surface area contributed by atoms with E-state index in [2.05, 4.69) is 41.5 Å². The van der Waals surface area contributed by atoms with Crippen molar-refractivity contribution in [3.05, 3.63) is 88.4 Å². The maximum Gasteiger partial charge on any atom is 0.234 e. The molecule has 168 valence electrons. The summed E-state index contributed by atoms with van der Waals surface area (Å²) in [5.41, 5.74) is 3.74. The van der Waals surface area contributed by atoms with E-state index in [1.807, 2.05) is 41.0 Å². The Morgan fingerprint density at radius 1 is 0.939 bits per heavy atom. The van der Waals surface area contributed by atoms with Gasteiger partial charge in [0.25, 0.3) is 0 Å². The van der Waals surface area contributed by atoms with Crippen LogP contribution in [0, 0.1) is 0 Å². The molecule has 4 aromatic rings. The van der Waals surface area contributed by atoms with Crippen LogP contribution in [0.2, 0.25) is 10.0 Å². The fourth-order valence-electron chi connectivity index (χ4n) is 3.41. The van der Waals surface area contributed by atoms with Crippen molar-refractivity contribution in [3.8, 4) is 17.1 Å². The average molecular weight is 497 g/mol. The molecule has 0 aliphatic rings. The highest BCUT2D eigenvalue weighted by Gasteiger charge is 2.20. The van der Waals surface area contributed by atoms with Gasteiger partial charge in [0, 0.05) is 21.3 Å². The first-order valence-corrected chi connectivity index (χ1v) is 12.2. The molecule has 3 aromatic carbocycles. The molecule has 0 spiro atoms. The van der Waals surface area contributed by atoms with Crippen molar-refractivity contribution in [2.24, 2.45) is 0 Å². The molecule has 0 saturated heterocycles. The second-order valence-electron chi connectivity index (χ2n) is 7.71. The van der Waals surface area contributed by atoms with Gasteiger partial charge >= 0.3 is 0 Å². The Bertz CT molecular complexity index is 1250. The minimum atomic E-state index is -0.137. The van der Waals surface area contributed by atoms with E-state index in [1.165, 1.54) is 17.3 Å². The molecule has 0 bridgehead atoms. The number of aromatic nitrogens is 3. The van der Waals surface area contributed by atoms with Gasteiger partial charge in [-0.1, -0.05) is 67.0 Å².